The zero-order chi connectivity index (χ0) is 31.4. The molecule has 0 amide bonds. The topological polar surface area (TPSA) is 88.4 Å². The Morgan fingerprint density at radius 1 is 1.02 bits per heavy atom. The molecule has 1 aromatic heterocycles. The molecule has 5 rings (SSSR count). The van der Waals surface area contributed by atoms with E-state index in [1.165, 1.54) is 29.2 Å². The Kier molecular flexibility index (Phi) is 10.9. The zero-order valence-electron chi connectivity index (χ0n) is 23.9. The molecule has 0 spiro atoms. The summed E-state index contributed by atoms with van der Waals surface area (Å²) in [4.78, 5) is 32.0. The number of nitrogens with zero attached hydrogens (tertiary/aromatic N) is 2. The number of carbonyl (C=O) groups excluding carboxylic acids is 1. The van der Waals surface area contributed by atoms with Gasteiger partial charge in [-0.05, 0) is 113 Å². The van der Waals surface area contributed by atoms with Crippen molar-refractivity contribution in [1.29, 1.82) is 0 Å². The van der Waals surface area contributed by atoms with Gasteiger partial charge in [0.05, 0.1) is 40.0 Å². The third-order valence-corrected chi connectivity index (χ3v) is 9.58. The molecule has 4 aromatic rings. The smallest absolute Gasteiger partial charge is 0.337 e. The number of aromatic nitrogens is 1. The monoisotopic (exact) mass is 900 g/mol. The van der Waals surface area contributed by atoms with Gasteiger partial charge in [0.15, 0.2) is 16.3 Å². The molecule has 1 atom stereocenters. The maximum atomic E-state index is 14.1. The number of hydrogen-bond acceptors (Lipinski definition) is 8. The third kappa shape index (κ3) is 7.07. The van der Waals surface area contributed by atoms with E-state index in [4.69, 9.17) is 18.9 Å². The molecule has 0 bridgehead atoms. The first-order valence-corrected chi connectivity index (χ1v) is 17.4. The highest BCUT2D eigenvalue weighted by Gasteiger charge is 2.31. The van der Waals surface area contributed by atoms with Crippen LogP contribution in [0.3, 0.4) is 0 Å². The molecule has 44 heavy (non-hydrogen) atoms. The Morgan fingerprint density at radius 3 is 2.45 bits per heavy atom. The summed E-state index contributed by atoms with van der Waals surface area (Å²) in [7, 11) is 1.31. The molecule has 0 saturated carbocycles. The van der Waals surface area contributed by atoms with Gasteiger partial charge in [0.25, 0.3) is 5.56 Å². The summed E-state index contributed by atoms with van der Waals surface area (Å²) in [6.07, 6.45) is 3.30. The minimum absolute atomic E-state index is 0.236. The highest BCUT2D eigenvalue weighted by Crippen LogP contribution is 2.35. The van der Waals surface area contributed by atoms with Crippen LogP contribution in [0.2, 0.25) is 0 Å². The van der Waals surface area contributed by atoms with Gasteiger partial charge < -0.3 is 18.9 Å². The molecule has 0 fully saturated rings. The minimum atomic E-state index is -0.778. The average Bonchev–Trinajstić information content (AvgIpc) is 3.32. The molecule has 3 aromatic carbocycles. The van der Waals surface area contributed by atoms with Crippen LogP contribution in [0.5, 0.6) is 17.2 Å². The lowest BCUT2D eigenvalue weighted by atomic mass is 9.97. The SMILES string of the molecule is CCOc1ccc([C@@H]2C(C(=O)OC)=CN=c3s/c(=C/c4cc(I)cc(I)c4OCc4ccc(Br)cc4)c(=O)n32)cc1OCC. The average molecular weight is 901 g/mol. The number of ether oxygens (including phenoxy) is 4. The van der Waals surface area contributed by atoms with Crippen molar-refractivity contribution >= 4 is 84.5 Å². The van der Waals surface area contributed by atoms with Crippen LogP contribution in [0.1, 0.15) is 36.6 Å². The van der Waals surface area contributed by atoms with E-state index in [-0.39, 0.29) is 11.1 Å². The van der Waals surface area contributed by atoms with Crippen LogP contribution in [0.15, 0.2) is 80.6 Å². The van der Waals surface area contributed by atoms with Crippen LogP contribution in [0, 0.1) is 7.14 Å². The first kappa shape index (κ1) is 32.7. The van der Waals surface area contributed by atoms with E-state index in [2.05, 4.69) is 66.1 Å². The highest BCUT2D eigenvalue weighted by molar-refractivity contribution is 14.1. The van der Waals surface area contributed by atoms with Crippen molar-refractivity contribution in [2.24, 2.45) is 4.99 Å². The Morgan fingerprint density at radius 2 is 1.75 bits per heavy atom. The number of methoxy groups -OCH3 is 1. The molecule has 1 aliphatic heterocycles. The molecular formula is C32H27BrI2N2O6S. The van der Waals surface area contributed by atoms with Crippen molar-refractivity contribution in [3.63, 3.8) is 0 Å². The second-order valence-electron chi connectivity index (χ2n) is 9.47. The van der Waals surface area contributed by atoms with Gasteiger partial charge in [-0.1, -0.05) is 45.5 Å². The summed E-state index contributed by atoms with van der Waals surface area (Å²) in [6.45, 7) is 5.04. The number of carbonyl (C=O) groups is 1. The van der Waals surface area contributed by atoms with E-state index in [1.807, 2.05) is 62.4 Å². The van der Waals surface area contributed by atoms with E-state index < -0.39 is 12.0 Å². The second-order valence-corrected chi connectivity index (χ2v) is 13.8. The zero-order valence-corrected chi connectivity index (χ0v) is 30.7. The van der Waals surface area contributed by atoms with Crippen LogP contribution in [-0.2, 0) is 16.1 Å². The first-order valence-electron chi connectivity index (χ1n) is 13.6. The maximum absolute atomic E-state index is 14.1. The Bertz CT molecular complexity index is 1920. The summed E-state index contributed by atoms with van der Waals surface area (Å²) < 4.78 is 27.9. The van der Waals surface area contributed by atoms with Crippen molar-refractivity contribution in [3.05, 3.63) is 114 Å². The van der Waals surface area contributed by atoms with Gasteiger partial charge >= 0.3 is 5.97 Å². The molecule has 12 heteroatoms. The minimum Gasteiger partial charge on any atom is -0.490 e. The second kappa shape index (κ2) is 14.6. The largest absolute Gasteiger partial charge is 0.490 e. The van der Waals surface area contributed by atoms with Gasteiger partial charge in [-0.2, -0.15) is 0 Å². The third-order valence-electron chi connectivity index (χ3n) is 6.63. The molecular weight excluding hydrogens is 874 g/mol. The summed E-state index contributed by atoms with van der Waals surface area (Å²) in [5.74, 6) is 1.21. The number of hydrogen-bond donors (Lipinski definition) is 0. The van der Waals surface area contributed by atoms with Crippen LogP contribution in [0.25, 0.3) is 6.08 Å². The molecule has 0 aliphatic carbocycles. The van der Waals surface area contributed by atoms with E-state index in [0.29, 0.717) is 52.0 Å². The number of thiazole rings is 1. The highest BCUT2D eigenvalue weighted by atomic mass is 127. The van der Waals surface area contributed by atoms with Crippen molar-refractivity contribution in [1.82, 2.24) is 4.57 Å². The van der Waals surface area contributed by atoms with Crippen molar-refractivity contribution in [3.8, 4) is 17.2 Å². The van der Waals surface area contributed by atoms with Gasteiger partial charge in [0.2, 0.25) is 0 Å². The normalized spacial score (nSPS) is 14.4. The van der Waals surface area contributed by atoms with Gasteiger partial charge in [0.1, 0.15) is 12.4 Å². The number of rotatable bonds is 10. The lowest BCUT2D eigenvalue weighted by Crippen LogP contribution is -2.39. The van der Waals surface area contributed by atoms with Gasteiger partial charge in [-0.3, -0.25) is 9.36 Å². The van der Waals surface area contributed by atoms with Crippen LogP contribution in [0.4, 0.5) is 0 Å². The molecule has 0 saturated heterocycles. The molecule has 0 unspecified atom stereocenters. The van der Waals surface area contributed by atoms with Crippen LogP contribution < -0.4 is 29.1 Å². The van der Waals surface area contributed by atoms with Crippen molar-refractivity contribution in [2.75, 3.05) is 20.3 Å². The summed E-state index contributed by atoms with van der Waals surface area (Å²) in [5.41, 5.74) is 2.41. The molecule has 8 nitrogen and oxygen atoms in total. The number of esters is 1. The fourth-order valence-electron chi connectivity index (χ4n) is 4.70. The summed E-state index contributed by atoms with van der Waals surface area (Å²) >= 11 is 9.23. The summed E-state index contributed by atoms with van der Waals surface area (Å²) in [5, 5.41) is 0. The van der Waals surface area contributed by atoms with E-state index in [1.54, 1.807) is 12.1 Å². The van der Waals surface area contributed by atoms with Gasteiger partial charge in [-0.25, -0.2) is 9.79 Å². The summed E-state index contributed by atoms with van der Waals surface area (Å²) in [6, 6.07) is 16.6. The predicted octanol–water partition coefficient (Wildman–Crippen LogP) is 6.37. The molecule has 1 aliphatic rings. The molecule has 228 valence electrons. The number of fused-ring (bicyclic) bond motifs is 1. The lowest BCUT2D eigenvalue weighted by molar-refractivity contribution is -0.136. The van der Waals surface area contributed by atoms with Gasteiger partial charge in [0, 0.05) is 19.8 Å². The van der Waals surface area contributed by atoms with Gasteiger partial charge in [-0.15, -0.1) is 0 Å². The van der Waals surface area contributed by atoms with Crippen molar-refractivity contribution in [2.45, 2.75) is 26.5 Å². The Hall–Kier alpha value is -2.69. The number of benzene rings is 3. The van der Waals surface area contributed by atoms with Crippen molar-refractivity contribution < 1.29 is 23.7 Å². The Labute approximate surface area is 293 Å². The molecule has 0 N–H and O–H groups in total. The van der Waals surface area contributed by atoms with Crippen LogP contribution in [-0.4, -0.2) is 30.9 Å². The van der Waals surface area contributed by atoms with E-state index >= 15 is 0 Å². The maximum Gasteiger partial charge on any atom is 0.337 e. The standard InChI is InChI=1S/C32H27BrI2N2O6S/c1-4-41-25-11-8-19(13-26(25)42-5-2)28-23(31(39)40-3)16-36-32-37(28)30(38)27(44-32)14-20-12-22(34)15-24(35)29(20)43-17-18-6-9-21(33)10-7-18/h6-16,28H,4-5,17H2,1-3H3/b27-14+/t28-/m1/s1. The Balaban J connectivity index is 1.62. The fraction of sp³-hybridized carbons (Fsp3) is 0.219. The quantitative estimate of drug-likeness (QED) is 0.136. The predicted molar refractivity (Wildman–Crippen MR) is 190 cm³/mol. The first-order chi connectivity index (χ1) is 21.2. The number of halogens is 3. The van der Waals surface area contributed by atoms with Crippen LogP contribution >= 0.6 is 72.4 Å². The fourth-order valence-corrected chi connectivity index (χ4v) is 7.97. The van der Waals surface area contributed by atoms with E-state index in [0.717, 1.165) is 22.7 Å². The van der Waals surface area contributed by atoms with E-state index in [9.17, 15) is 9.59 Å². The molecule has 2 heterocycles. The lowest BCUT2D eigenvalue weighted by Gasteiger charge is -2.23. The molecule has 0 radical (unpaired) electrons.